The molecule has 1 atom stereocenters. The van der Waals surface area contributed by atoms with Crippen molar-refractivity contribution in [2.45, 2.75) is 31.2 Å². The molecule has 0 radical (unpaired) electrons. The first kappa shape index (κ1) is 22.8. The Morgan fingerprint density at radius 1 is 0.906 bits per heavy atom. The van der Waals surface area contributed by atoms with Crippen molar-refractivity contribution >= 4 is 5.91 Å². The van der Waals surface area contributed by atoms with Crippen LogP contribution in [0.25, 0.3) is 0 Å². The summed E-state index contributed by atoms with van der Waals surface area (Å²) in [5, 5.41) is 18.7. The fourth-order valence-corrected chi connectivity index (χ4v) is 5.07. The van der Waals surface area contributed by atoms with Crippen LogP contribution in [0.15, 0.2) is 54.6 Å². The fourth-order valence-electron chi connectivity index (χ4n) is 5.07. The predicted molar refractivity (Wildman–Crippen MR) is 126 cm³/mol. The molecule has 0 spiro atoms. The van der Waals surface area contributed by atoms with E-state index in [2.05, 4.69) is 14.7 Å². The third-order valence-corrected chi connectivity index (χ3v) is 6.99. The van der Waals surface area contributed by atoms with E-state index in [-0.39, 0.29) is 24.2 Å². The van der Waals surface area contributed by atoms with Gasteiger partial charge in [0.1, 0.15) is 5.75 Å². The molecular weight excluding hydrogens is 402 g/mol. The van der Waals surface area contributed by atoms with Crippen LogP contribution in [0.1, 0.15) is 29.9 Å². The highest BCUT2D eigenvalue weighted by molar-refractivity contribution is 5.84. The van der Waals surface area contributed by atoms with Crippen molar-refractivity contribution < 1.29 is 15.0 Å². The van der Waals surface area contributed by atoms with Crippen molar-refractivity contribution in [3.05, 3.63) is 65.7 Å². The number of rotatable bonds is 7. The van der Waals surface area contributed by atoms with Gasteiger partial charge >= 0.3 is 0 Å². The number of carbonyl (C=O) groups is 1. The number of β-amino-alcohol motifs (C(OH)–C–C–N with tert-alkyl or cyclic N) is 1. The van der Waals surface area contributed by atoms with Gasteiger partial charge in [0.15, 0.2) is 0 Å². The molecule has 0 saturated carbocycles. The zero-order valence-corrected chi connectivity index (χ0v) is 18.8. The Balaban J connectivity index is 1.37. The Morgan fingerprint density at radius 2 is 1.56 bits per heavy atom. The summed E-state index contributed by atoms with van der Waals surface area (Å²) in [6, 6.07) is 17.8. The molecule has 2 N–H and O–H groups in total. The van der Waals surface area contributed by atoms with Crippen molar-refractivity contribution in [1.29, 1.82) is 0 Å². The van der Waals surface area contributed by atoms with E-state index in [0.29, 0.717) is 12.5 Å². The lowest BCUT2D eigenvalue weighted by Gasteiger charge is -2.43. The van der Waals surface area contributed by atoms with E-state index < -0.39 is 0 Å². The first-order valence-electron chi connectivity index (χ1n) is 11.8. The van der Waals surface area contributed by atoms with Crippen molar-refractivity contribution in [3.8, 4) is 5.75 Å². The Labute approximate surface area is 191 Å². The molecule has 1 unspecified atom stereocenters. The third-order valence-electron chi connectivity index (χ3n) is 6.99. The van der Waals surface area contributed by atoms with Gasteiger partial charge in [-0.15, -0.1) is 0 Å². The number of phenolic OH excluding ortho intramolecular Hbond substituents is 1. The van der Waals surface area contributed by atoms with Crippen LogP contribution in [0.2, 0.25) is 0 Å². The Kier molecular flexibility index (Phi) is 7.79. The zero-order chi connectivity index (χ0) is 22.3. The van der Waals surface area contributed by atoms with Gasteiger partial charge in [-0.25, -0.2) is 0 Å². The number of aliphatic hydroxyl groups is 1. The maximum Gasteiger partial charge on any atom is 0.230 e. The largest absolute Gasteiger partial charge is 0.508 e. The number of aliphatic hydroxyl groups excluding tert-OH is 1. The van der Waals surface area contributed by atoms with Gasteiger partial charge in [-0.05, 0) is 42.5 Å². The highest BCUT2D eigenvalue weighted by Crippen LogP contribution is 2.27. The molecule has 2 saturated heterocycles. The number of hydrogen-bond donors (Lipinski definition) is 2. The summed E-state index contributed by atoms with van der Waals surface area (Å²) in [5.74, 6) is 0.241. The van der Waals surface area contributed by atoms with Crippen molar-refractivity contribution in [2.75, 3.05) is 52.4 Å². The first-order valence-corrected chi connectivity index (χ1v) is 11.8. The number of carbonyl (C=O) groups excluding carboxylic acids is 1. The molecular formula is C26H35N3O3. The predicted octanol–water partition coefficient (Wildman–Crippen LogP) is 2.32. The molecule has 4 rings (SSSR count). The second-order valence-corrected chi connectivity index (χ2v) is 8.99. The average Bonchev–Trinajstić information content (AvgIpc) is 2.85. The van der Waals surface area contributed by atoms with Crippen LogP contribution in [0.5, 0.6) is 5.75 Å². The summed E-state index contributed by atoms with van der Waals surface area (Å²) in [4.78, 5) is 20.5. The molecule has 2 fully saturated rings. The van der Waals surface area contributed by atoms with E-state index in [1.165, 1.54) is 0 Å². The monoisotopic (exact) mass is 437 g/mol. The van der Waals surface area contributed by atoms with E-state index in [0.717, 1.165) is 69.8 Å². The van der Waals surface area contributed by atoms with Crippen LogP contribution in [-0.2, 0) is 11.2 Å². The highest BCUT2D eigenvalue weighted by Gasteiger charge is 2.32. The van der Waals surface area contributed by atoms with E-state index in [4.69, 9.17) is 5.11 Å². The number of nitrogens with zero attached hydrogens (tertiary/aromatic N) is 3. The lowest BCUT2D eigenvalue weighted by atomic mass is 9.89. The maximum absolute atomic E-state index is 13.6. The number of piperazine rings is 1. The minimum absolute atomic E-state index is 0.204. The summed E-state index contributed by atoms with van der Waals surface area (Å²) in [6.07, 6.45) is 2.68. The van der Waals surface area contributed by atoms with Gasteiger partial charge < -0.3 is 15.1 Å². The van der Waals surface area contributed by atoms with Gasteiger partial charge in [-0.3, -0.25) is 14.6 Å². The number of amides is 1. The smallest absolute Gasteiger partial charge is 0.230 e. The molecule has 2 aliphatic rings. The lowest BCUT2D eigenvalue weighted by molar-refractivity contribution is -0.134. The van der Waals surface area contributed by atoms with E-state index in [1.807, 2.05) is 42.5 Å². The Hall–Kier alpha value is -2.41. The lowest BCUT2D eigenvalue weighted by Crippen LogP contribution is -2.54. The van der Waals surface area contributed by atoms with Crippen LogP contribution in [-0.4, -0.2) is 89.3 Å². The third kappa shape index (κ3) is 5.68. The molecule has 6 nitrogen and oxygen atoms in total. The van der Waals surface area contributed by atoms with Gasteiger partial charge in [0.25, 0.3) is 0 Å². The minimum atomic E-state index is -0.209. The van der Waals surface area contributed by atoms with E-state index in [9.17, 15) is 9.90 Å². The van der Waals surface area contributed by atoms with Crippen LogP contribution in [0.4, 0.5) is 0 Å². The second-order valence-electron chi connectivity index (χ2n) is 8.99. The van der Waals surface area contributed by atoms with Gasteiger partial charge in [-0.2, -0.15) is 0 Å². The van der Waals surface area contributed by atoms with Crippen LogP contribution in [0, 0.1) is 0 Å². The SMILES string of the molecule is O=C(C(Cc1ccc(O)cc1)c1ccccc1)N1CCC(N2CCN(CCO)CC2)CC1. The molecule has 172 valence electrons. The van der Waals surface area contributed by atoms with Crippen molar-refractivity contribution in [1.82, 2.24) is 14.7 Å². The average molecular weight is 438 g/mol. The number of piperidine rings is 1. The van der Waals surface area contributed by atoms with Crippen LogP contribution >= 0.6 is 0 Å². The molecule has 2 aromatic rings. The number of phenols is 1. The minimum Gasteiger partial charge on any atom is -0.508 e. The fraction of sp³-hybridized carbons (Fsp3) is 0.500. The normalized spacial score (nSPS) is 19.7. The van der Waals surface area contributed by atoms with E-state index in [1.54, 1.807) is 12.1 Å². The van der Waals surface area contributed by atoms with Gasteiger partial charge in [0, 0.05) is 51.9 Å². The Morgan fingerprint density at radius 3 is 2.19 bits per heavy atom. The van der Waals surface area contributed by atoms with Gasteiger partial charge in [0.2, 0.25) is 5.91 Å². The summed E-state index contributed by atoms with van der Waals surface area (Å²) < 4.78 is 0. The maximum atomic E-state index is 13.6. The molecule has 0 aromatic heterocycles. The highest BCUT2D eigenvalue weighted by atomic mass is 16.3. The number of benzene rings is 2. The van der Waals surface area contributed by atoms with Gasteiger partial charge in [-0.1, -0.05) is 42.5 Å². The molecule has 2 aromatic carbocycles. The quantitative estimate of drug-likeness (QED) is 0.696. The van der Waals surface area contributed by atoms with E-state index >= 15 is 0 Å². The van der Waals surface area contributed by atoms with Crippen molar-refractivity contribution in [3.63, 3.8) is 0 Å². The molecule has 6 heteroatoms. The van der Waals surface area contributed by atoms with Gasteiger partial charge in [0.05, 0.1) is 12.5 Å². The molecule has 1 amide bonds. The number of aromatic hydroxyl groups is 1. The first-order chi connectivity index (χ1) is 15.6. The summed E-state index contributed by atoms with van der Waals surface area (Å²) in [5.41, 5.74) is 2.10. The van der Waals surface area contributed by atoms with Crippen molar-refractivity contribution in [2.24, 2.45) is 0 Å². The summed E-state index contributed by atoms with van der Waals surface area (Å²) >= 11 is 0. The van der Waals surface area contributed by atoms with Crippen LogP contribution < -0.4 is 0 Å². The standard InChI is InChI=1S/C26H35N3O3/c30-19-18-27-14-16-28(17-15-27)23-10-12-29(13-11-23)26(32)25(22-4-2-1-3-5-22)20-21-6-8-24(31)9-7-21/h1-9,23,25,30-31H,10-20H2. The molecule has 0 aliphatic carbocycles. The second kappa shape index (κ2) is 10.9. The molecule has 0 bridgehead atoms. The number of hydrogen-bond acceptors (Lipinski definition) is 5. The zero-order valence-electron chi connectivity index (χ0n) is 18.8. The topological polar surface area (TPSA) is 67.2 Å². The Bertz CT molecular complexity index is 842. The summed E-state index contributed by atoms with van der Waals surface area (Å²) in [6.45, 7) is 6.73. The molecule has 2 heterocycles. The number of likely N-dealkylation sites (tertiary alicyclic amines) is 1. The molecule has 2 aliphatic heterocycles. The summed E-state index contributed by atoms with van der Waals surface area (Å²) in [7, 11) is 0. The molecule has 32 heavy (non-hydrogen) atoms. The van der Waals surface area contributed by atoms with Crippen LogP contribution in [0.3, 0.4) is 0 Å².